The van der Waals surface area contributed by atoms with Crippen molar-refractivity contribution in [2.24, 2.45) is 4.99 Å². The summed E-state index contributed by atoms with van der Waals surface area (Å²) in [6, 6.07) is 6.61. The molecule has 9 heteroatoms. The zero-order valence-corrected chi connectivity index (χ0v) is 14.6. The summed E-state index contributed by atoms with van der Waals surface area (Å²) in [5.74, 6) is 0.221. The Labute approximate surface area is 155 Å². The maximum absolute atomic E-state index is 14.2. The molecule has 0 fully saturated rings. The van der Waals surface area contributed by atoms with Gasteiger partial charge in [0, 0.05) is 23.9 Å². The molecule has 7 N–H and O–H groups in total. The topological polar surface area (TPSA) is 131 Å². The Hall–Kier alpha value is -3.46. The molecule has 1 unspecified atom stereocenters. The predicted molar refractivity (Wildman–Crippen MR) is 103 cm³/mol. The second kappa shape index (κ2) is 6.06. The summed E-state index contributed by atoms with van der Waals surface area (Å²) >= 11 is 0. The zero-order chi connectivity index (χ0) is 19.2. The number of rotatable bonds is 3. The third-order valence-corrected chi connectivity index (χ3v) is 4.74. The SMILES string of the molecule is CC12N=CC=CC1=C(c1nc(N)c(N)c(N)n1)NN2Cc1ccccc1F. The summed E-state index contributed by atoms with van der Waals surface area (Å²) in [5.41, 5.74) is 22.0. The molecule has 138 valence electrons. The van der Waals surface area contributed by atoms with Crippen molar-refractivity contribution < 1.29 is 4.39 Å². The van der Waals surface area contributed by atoms with Gasteiger partial charge in [-0.25, -0.2) is 14.4 Å². The Morgan fingerprint density at radius 3 is 2.56 bits per heavy atom. The smallest absolute Gasteiger partial charge is 0.181 e. The maximum Gasteiger partial charge on any atom is 0.181 e. The molecule has 4 rings (SSSR count). The minimum absolute atomic E-state index is 0.102. The highest BCUT2D eigenvalue weighted by Gasteiger charge is 2.44. The van der Waals surface area contributed by atoms with Gasteiger partial charge < -0.3 is 22.6 Å². The second-order valence-corrected chi connectivity index (χ2v) is 6.47. The molecule has 1 atom stereocenters. The van der Waals surface area contributed by atoms with Crippen molar-refractivity contribution in [2.75, 3.05) is 17.2 Å². The molecule has 1 aromatic carbocycles. The van der Waals surface area contributed by atoms with Gasteiger partial charge in [-0.2, -0.15) is 5.01 Å². The van der Waals surface area contributed by atoms with Gasteiger partial charge in [-0.3, -0.25) is 4.99 Å². The van der Waals surface area contributed by atoms with Crippen LogP contribution in [0.4, 0.5) is 21.7 Å². The molecule has 2 aliphatic heterocycles. The number of aromatic nitrogens is 2. The first kappa shape index (κ1) is 17.0. The van der Waals surface area contributed by atoms with Crippen molar-refractivity contribution >= 4 is 29.2 Å². The van der Waals surface area contributed by atoms with Crippen molar-refractivity contribution in [3.05, 3.63) is 59.2 Å². The quantitative estimate of drug-likeness (QED) is 0.646. The summed E-state index contributed by atoms with van der Waals surface area (Å²) in [6.07, 6.45) is 5.42. The molecular weight excluding hydrogens is 347 g/mol. The first-order valence-corrected chi connectivity index (χ1v) is 8.33. The summed E-state index contributed by atoms with van der Waals surface area (Å²) < 4.78 is 14.2. The van der Waals surface area contributed by atoms with Crippen molar-refractivity contribution in [2.45, 2.75) is 19.1 Å². The lowest BCUT2D eigenvalue weighted by molar-refractivity contribution is 0.118. The van der Waals surface area contributed by atoms with Crippen LogP contribution in [-0.4, -0.2) is 26.9 Å². The first-order valence-electron chi connectivity index (χ1n) is 8.33. The van der Waals surface area contributed by atoms with Crippen molar-refractivity contribution in [1.82, 2.24) is 20.4 Å². The number of nitrogens with zero attached hydrogens (tertiary/aromatic N) is 4. The minimum atomic E-state index is -0.763. The van der Waals surface area contributed by atoms with Crippen LogP contribution in [0.5, 0.6) is 0 Å². The van der Waals surface area contributed by atoms with Crippen molar-refractivity contribution in [1.29, 1.82) is 0 Å². The molecule has 27 heavy (non-hydrogen) atoms. The van der Waals surface area contributed by atoms with Gasteiger partial charge in [-0.05, 0) is 19.1 Å². The van der Waals surface area contributed by atoms with E-state index in [4.69, 9.17) is 17.2 Å². The van der Waals surface area contributed by atoms with Crippen LogP contribution in [0.2, 0.25) is 0 Å². The number of halogens is 1. The van der Waals surface area contributed by atoms with Gasteiger partial charge in [0.1, 0.15) is 17.2 Å². The fraction of sp³-hybridized carbons (Fsp3) is 0.167. The number of fused-ring (bicyclic) bond motifs is 1. The molecule has 0 radical (unpaired) electrons. The summed E-state index contributed by atoms with van der Waals surface area (Å²) in [4.78, 5) is 13.1. The number of hydrogen-bond acceptors (Lipinski definition) is 8. The molecule has 8 nitrogen and oxygen atoms in total. The Kier molecular flexibility index (Phi) is 3.81. The highest BCUT2D eigenvalue weighted by molar-refractivity contribution is 5.82. The fourth-order valence-corrected chi connectivity index (χ4v) is 3.17. The van der Waals surface area contributed by atoms with Gasteiger partial charge >= 0.3 is 0 Å². The predicted octanol–water partition coefficient (Wildman–Crippen LogP) is 1.45. The van der Waals surface area contributed by atoms with Crippen molar-refractivity contribution in [3.8, 4) is 0 Å². The first-order chi connectivity index (χ1) is 12.9. The van der Waals surface area contributed by atoms with E-state index in [0.717, 1.165) is 5.57 Å². The molecule has 1 aromatic heterocycles. The van der Waals surface area contributed by atoms with E-state index in [0.29, 0.717) is 17.1 Å². The van der Waals surface area contributed by atoms with Crippen LogP contribution in [-0.2, 0) is 6.54 Å². The number of hydrogen-bond donors (Lipinski definition) is 4. The van der Waals surface area contributed by atoms with E-state index in [2.05, 4.69) is 20.4 Å². The number of aliphatic imine (C=N–C) groups is 1. The Morgan fingerprint density at radius 2 is 1.85 bits per heavy atom. The van der Waals surface area contributed by atoms with Gasteiger partial charge in [0.25, 0.3) is 0 Å². The van der Waals surface area contributed by atoms with Crippen molar-refractivity contribution in [3.63, 3.8) is 0 Å². The monoisotopic (exact) mass is 366 g/mol. The zero-order valence-electron chi connectivity index (χ0n) is 14.6. The number of nitrogens with two attached hydrogens (primary N) is 3. The van der Waals surface area contributed by atoms with Crippen LogP contribution in [0.1, 0.15) is 18.3 Å². The number of allylic oxidation sites excluding steroid dienone is 1. The molecule has 2 aromatic rings. The average Bonchev–Trinajstić information content (AvgIpc) is 2.94. The molecule has 0 spiro atoms. The molecule has 0 aliphatic carbocycles. The van der Waals surface area contributed by atoms with Gasteiger partial charge in [-0.1, -0.05) is 24.3 Å². The Bertz CT molecular complexity index is 989. The Balaban J connectivity index is 1.77. The molecular formula is C18H19FN8. The molecule has 3 heterocycles. The summed E-state index contributed by atoms with van der Waals surface area (Å²) in [7, 11) is 0. The van der Waals surface area contributed by atoms with Crippen LogP contribution in [0.25, 0.3) is 5.70 Å². The van der Waals surface area contributed by atoms with E-state index in [1.807, 2.05) is 24.1 Å². The van der Waals surface area contributed by atoms with Gasteiger partial charge in [0.2, 0.25) is 0 Å². The summed E-state index contributed by atoms with van der Waals surface area (Å²) in [5, 5.41) is 1.82. The van der Waals surface area contributed by atoms with E-state index >= 15 is 0 Å². The van der Waals surface area contributed by atoms with Crippen LogP contribution in [0, 0.1) is 5.82 Å². The van der Waals surface area contributed by atoms with E-state index < -0.39 is 5.66 Å². The normalized spacial score (nSPS) is 21.4. The van der Waals surface area contributed by atoms with E-state index in [1.165, 1.54) is 6.07 Å². The van der Waals surface area contributed by atoms with Crippen LogP contribution >= 0.6 is 0 Å². The van der Waals surface area contributed by atoms with Crippen LogP contribution in [0.15, 0.2) is 47.0 Å². The molecule has 0 saturated carbocycles. The van der Waals surface area contributed by atoms with Crippen LogP contribution in [0.3, 0.4) is 0 Å². The molecule has 0 bridgehead atoms. The van der Waals surface area contributed by atoms with Gasteiger partial charge in [-0.15, -0.1) is 0 Å². The average molecular weight is 366 g/mol. The molecule has 2 aliphatic rings. The van der Waals surface area contributed by atoms with E-state index in [-0.39, 0.29) is 29.7 Å². The second-order valence-electron chi connectivity index (χ2n) is 6.47. The summed E-state index contributed by atoms with van der Waals surface area (Å²) in [6.45, 7) is 2.20. The lowest BCUT2D eigenvalue weighted by Crippen LogP contribution is -2.47. The third-order valence-electron chi connectivity index (χ3n) is 4.74. The largest absolute Gasteiger partial charge is 0.393 e. The number of dihydropyridines is 1. The number of anilines is 3. The molecule has 0 saturated heterocycles. The Morgan fingerprint density at radius 1 is 1.15 bits per heavy atom. The van der Waals surface area contributed by atoms with Gasteiger partial charge in [0.05, 0.1) is 0 Å². The van der Waals surface area contributed by atoms with Crippen LogP contribution < -0.4 is 22.6 Å². The lowest BCUT2D eigenvalue weighted by Gasteiger charge is -2.33. The maximum atomic E-state index is 14.2. The van der Waals surface area contributed by atoms with Gasteiger partial charge in [0.15, 0.2) is 23.1 Å². The lowest BCUT2D eigenvalue weighted by atomic mass is 9.97. The molecule has 0 amide bonds. The number of nitrogen functional groups attached to an aromatic ring is 3. The van der Waals surface area contributed by atoms with E-state index in [9.17, 15) is 4.39 Å². The number of nitrogens with one attached hydrogen (secondary N) is 1. The fourth-order valence-electron chi connectivity index (χ4n) is 3.17. The number of hydrazine groups is 1. The standard InChI is InChI=1S/C18H19FN8/c1-18-11(6-4-8-23-18)14(17-24-15(21)13(20)16(22)25-17)26-27(18)9-10-5-2-3-7-12(10)19/h2-8,26H,9,20H2,1H3,(H4,21,22,24,25). The number of benzene rings is 1. The highest BCUT2D eigenvalue weighted by Crippen LogP contribution is 2.39. The minimum Gasteiger partial charge on any atom is -0.393 e. The third kappa shape index (κ3) is 2.68. The highest BCUT2D eigenvalue weighted by atomic mass is 19.1. The van der Waals surface area contributed by atoms with E-state index in [1.54, 1.807) is 24.4 Å².